The Morgan fingerprint density at radius 3 is 2.67 bits per heavy atom. The van der Waals surface area contributed by atoms with Crippen LogP contribution in [0.5, 0.6) is 0 Å². The molecule has 1 nitrogen and oxygen atoms in total. The topological polar surface area (TPSA) is 17.1 Å². The van der Waals surface area contributed by atoms with Crippen molar-refractivity contribution in [2.24, 2.45) is 5.92 Å². The highest BCUT2D eigenvalue weighted by atomic mass is 35.5. The van der Waals surface area contributed by atoms with E-state index in [9.17, 15) is 4.79 Å². The number of alkyl halides is 1. The summed E-state index contributed by atoms with van der Waals surface area (Å²) in [4.78, 5) is 11.2. The van der Waals surface area contributed by atoms with Gasteiger partial charge >= 0.3 is 0 Å². The first-order valence-corrected chi connectivity index (χ1v) is 5.89. The number of ketones is 1. The molecule has 1 saturated carbocycles. The van der Waals surface area contributed by atoms with Crippen LogP contribution in [0, 0.1) is 5.92 Å². The standard InChI is InChI=1S/C13H15ClO/c14-13-9-12(15)7-6-11(13)8-10-4-2-1-3-5-10/h1-5,11,13H,6-9H2. The number of halogens is 1. The first-order valence-electron chi connectivity index (χ1n) is 5.45. The number of Topliss-reactive ketones (excluding diaryl/α,β-unsaturated/α-hetero) is 1. The van der Waals surface area contributed by atoms with E-state index in [1.165, 1.54) is 5.56 Å². The van der Waals surface area contributed by atoms with Crippen molar-refractivity contribution in [2.45, 2.75) is 31.1 Å². The van der Waals surface area contributed by atoms with E-state index < -0.39 is 0 Å². The third-order valence-electron chi connectivity index (χ3n) is 3.07. The minimum absolute atomic E-state index is 0.0338. The van der Waals surface area contributed by atoms with Crippen LogP contribution in [0.25, 0.3) is 0 Å². The molecular formula is C13H15ClO. The summed E-state index contributed by atoms with van der Waals surface area (Å²) in [5.74, 6) is 0.783. The molecule has 15 heavy (non-hydrogen) atoms. The number of carbonyl (C=O) groups excluding carboxylic acids is 1. The zero-order chi connectivity index (χ0) is 10.7. The number of rotatable bonds is 2. The van der Waals surface area contributed by atoms with Crippen LogP contribution in [0.3, 0.4) is 0 Å². The van der Waals surface area contributed by atoms with Crippen molar-refractivity contribution in [3.63, 3.8) is 0 Å². The van der Waals surface area contributed by atoms with Crippen LogP contribution in [-0.4, -0.2) is 11.2 Å². The molecular weight excluding hydrogens is 208 g/mol. The molecule has 0 aliphatic heterocycles. The van der Waals surface area contributed by atoms with E-state index in [4.69, 9.17) is 11.6 Å². The fourth-order valence-corrected chi connectivity index (χ4v) is 2.55. The van der Waals surface area contributed by atoms with Crippen molar-refractivity contribution in [1.82, 2.24) is 0 Å². The summed E-state index contributed by atoms with van der Waals surface area (Å²) in [6.07, 6.45) is 3.21. The summed E-state index contributed by atoms with van der Waals surface area (Å²) in [6.45, 7) is 0. The molecule has 1 aromatic carbocycles. The van der Waals surface area contributed by atoms with E-state index in [1.54, 1.807) is 0 Å². The predicted molar refractivity (Wildman–Crippen MR) is 62.1 cm³/mol. The van der Waals surface area contributed by atoms with Gasteiger partial charge in [0.15, 0.2) is 0 Å². The normalized spacial score (nSPS) is 26.6. The van der Waals surface area contributed by atoms with E-state index in [1.807, 2.05) is 18.2 Å². The molecule has 0 spiro atoms. The molecule has 0 aromatic heterocycles. The lowest BCUT2D eigenvalue weighted by molar-refractivity contribution is -0.120. The van der Waals surface area contributed by atoms with Gasteiger partial charge < -0.3 is 0 Å². The largest absolute Gasteiger partial charge is 0.300 e. The first kappa shape index (κ1) is 10.7. The van der Waals surface area contributed by atoms with Crippen molar-refractivity contribution < 1.29 is 4.79 Å². The number of hydrogen-bond acceptors (Lipinski definition) is 1. The lowest BCUT2D eigenvalue weighted by Crippen LogP contribution is -2.26. The maximum Gasteiger partial charge on any atom is 0.134 e. The third kappa shape index (κ3) is 2.82. The van der Waals surface area contributed by atoms with Gasteiger partial charge in [0.2, 0.25) is 0 Å². The Bertz CT molecular complexity index is 334. The summed E-state index contributed by atoms with van der Waals surface area (Å²) in [5, 5.41) is 0.0338. The molecule has 1 fully saturated rings. The molecule has 1 aromatic rings. The van der Waals surface area contributed by atoms with Gasteiger partial charge in [-0.05, 0) is 24.3 Å². The molecule has 1 aliphatic carbocycles. The van der Waals surface area contributed by atoms with Crippen molar-refractivity contribution in [3.05, 3.63) is 35.9 Å². The van der Waals surface area contributed by atoms with Crippen molar-refractivity contribution in [3.8, 4) is 0 Å². The van der Waals surface area contributed by atoms with Crippen LogP contribution >= 0.6 is 11.6 Å². The summed E-state index contributed by atoms with van der Waals surface area (Å²) in [7, 11) is 0. The fourth-order valence-electron chi connectivity index (χ4n) is 2.16. The number of hydrogen-bond donors (Lipinski definition) is 0. The average Bonchev–Trinajstić information content (AvgIpc) is 2.24. The second kappa shape index (κ2) is 4.80. The first-order chi connectivity index (χ1) is 7.25. The molecule has 0 radical (unpaired) electrons. The van der Waals surface area contributed by atoms with E-state index in [-0.39, 0.29) is 5.38 Å². The SMILES string of the molecule is O=C1CCC(Cc2ccccc2)C(Cl)C1. The molecule has 2 atom stereocenters. The summed E-state index contributed by atoms with van der Waals surface area (Å²) in [6, 6.07) is 10.4. The molecule has 0 bridgehead atoms. The van der Waals surface area contributed by atoms with Gasteiger partial charge in [0.05, 0.1) is 0 Å². The van der Waals surface area contributed by atoms with Crippen LogP contribution < -0.4 is 0 Å². The second-order valence-corrected chi connectivity index (χ2v) is 4.81. The molecule has 0 saturated heterocycles. The molecule has 2 heteroatoms. The second-order valence-electron chi connectivity index (χ2n) is 4.25. The fraction of sp³-hybridized carbons (Fsp3) is 0.462. The van der Waals surface area contributed by atoms with Crippen molar-refractivity contribution in [1.29, 1.82) is 0 Å². The minimum Gasteiger partial charge on any atom is -0.300 e. The van der Waals surface area contributed by atoms with Gasteiger partial charge in [-0.2, -0.15) is 0 Å². The zero-order valence-electron chi connectivity index (χ0n) is 8.66. The van der Waals surface area contributed by atoms with E-state index >= 15 is 0 Å². The van der Waals surface area contributed by atoms with Crippen LogP contribution in [0.1, 0.15) is 24.8 Å². The van der Waals surface area contributed by atoms with Gasteiger partial charge in [0.1, 0.15) is 5.78 Å². The Balaban J connectivity index is 1.98. The summed E-state index contributed by atoms with van der Waals surface area (Å²) >= 11 is 6.21. The van der Waals surface area contributed by atoms with Crippen LogP contribution in [0.15, 0.2) is 30.3 Å². The van der Waals surface area contributed by atoms with E-state index in [0.717, 1.165) is 12.8 Å². The third-order valence-corrected chi connectivity index (χ3v) is 3.58. The Labute approximate surface area is 95.4 Å². The van der Waals surface area contributed by atoms with Gasteiger partial charge in [0.25, 0.3) is 0 Å². The molecule has 80 valence electrons. The molecule has 0 N–H and O–H groups in total. The maximum atomic E-state index is 11.2. The van der Waals surface area contributed by atoms with Crippen LogP contribution in [0.4, 0.5) is 0 Å². The highest BCUT2D eigenvalue weighted by Crippen LogP contribution is 2.29. The van der Waals surface area contributed by atoms with Crippen LogP contribution in [0.2, 0.25) is 0 Å². The van der Waals surface area contributed by atoms with E-state index in [2.05, 4.69) is 12.1 Å². The smallest absolute Gasteiger partial charge is 0.134 e. The molecule has 2 unspecified atom stereocenters. The monoisotopic (exact) mass is 222 g/mol. The van der Waals surface area contributed by atoms with Crippen molar-refractivity contribution >= 4 is 17.4 Å². The van der Waals surface area contributed by atoms with Gasteiger partial charge in [-0.1, -0.05) is 30.3 Å². The molecule has 0 amide bonds. The van der Waals surface area contributed by atoms with Gasteiger partial charge in [0, 0.05) is 18.2 Å². The van der Waals surface area contributed by atoms with Gasteiger partial charge in [-0.3, -0.25) is 4.79 Å². The maximum absolute atomic E-state index is 11.2. The number of benzene rings is 1. The lowest BCUT2D eigenvalue weighted by atomic mass is 9.84. The zero-order valence-corrected chi connectivity index (χ0v) is 9.41. The van der Waals surface area contributed by atoms with Gasteiger partial charge in [-0.15, -0.1) is 11.6 Å². The summed E-state index contributed by atoms with van der Waals surface area (Å²) in [5.41, 5.74) is 1.32. The average molecular weight is 223 g/mol. The van der Waals surface area contributed by atoms with Crippen LogP contribution in [-0.2, 0) is 11.2 Å². The Morgan fingerprint density at radius 2 is 2.00 bits per heavy atom. The highest BCUT2D eigenvalue weighted by Gasteiger charge is 2.27. The van der Waals surface area contributed by atoms with Gasteiger partial charge in [-0.25, -0.2) is 0 Å². The van der Waals surface area contributed by atoms with Crippen molar-refractivity contribution in [2.75, 3.05) is 0 Å². The minimum atomic E-state index is 0.0338. The Morgan fingerprint density at radius 1 is 1.27 bits per heavy atom. The summed E-state index contributed by atoms with van der Waals surface area (Å²) < 4.78 is 0. The highest BCUT2D eigenvalue weighted by molar-refractivity contribution is 6.22. The molecule has 1 aliphatic rings. The quantitative estimate of drug-likeness (QED) is 0.703. The predicted octanol–water partition coefficient (Wildman–Crippen LogP) is 3.21. The lowest BCUT2D eigenvalue weighted by Gasteiger charge is -2.26. The Hall–Kier alpha value is -0.820. The van der Waals surface area contributed by atoms with E-state index in [0.29, 0.717) is 24.5 Å². The number of carbonyl (C=O) groups is 1. The Kier molecular flexibility index (Phi) is 3.42. The molecule has 0 heterocycles. The molecule has 2 rings (SSSR count).